The number of halogens is 4. The van der Waals surface area contributed by atoms with Gasteiger partial charge in [0.15, 0.2) is 0 Å². The number of rotatable bonds is 5. The molecule has 2 fully saturated rings. The van der Waals surface area contributed by atoms with Crippen molar-refractivity contribution in [2.45, 2.75) is 63.1 Å². The molecule has 0 amide bonds. The van der Waals surface area contributed by atoms with E-state index in [1.165, 1.54) is 12.1 Å². The Balaban J connectivity index is 0.00000289. The molecule has 0 aliphatic carbocycles. The Morgan fingerprint density at radius 3 is 2.56 bits per heavy atom. The van der Waals surface area contributed by atoms with Crippen LogP contribution in [0.25, 0.3) is 0 Å². The molecule has 8 heteroatoms. The van der Waals surface area contributed by atoms with Crippen molar-refractivity contribution < 1.29 is 27.4 Å². The fourth-order valence-corrected chi connectivity index (χ4v) is 4.81. The van der Waals surface area contributed by atoms with Gasteiger partial charge in [-0.25, -0.2) is 0 Å². The van der Waals surface area contributed by atoms with Gasteiger partial charge in [-0.1, -0.05) is 30.3 Å². The van der Waals surface area contributed by atoms with Crippen molar-refractivity contribution in [2.24, 2.45) is 0 Å². The molecule has 0 bridgehead atoms. The lowest BCUT2D eigenvalue weighted by Crippen LogP contribution is -2.48. The van der Waals surface area contributed by atoms with Gasteiger partial charge >= 0.3 is 6.36 Å². The smallest absolute Gasteiger partial charge is 0.491 e. The van der Waals surface area contributed by atoms with E-state index in [1.807, 2.05) is 32.0 Å². The average molecular weight is 472 g/mol. The molecule has 0 unspecified atom stereocenters. The quantitative estimate of drug-likeness (QED) is 0.566. The van der Waals surface area contributed by atoms with Crippen LogP contribution in [0.5, 0.6) is 11.5 Å². The zero-order valence-electron chi connectivity index (χ0n) is 18.2. The summed E-state index contributed by atoms with van der Waals surface area (Å²) in [5.41, 5.74) is 1.46. The first-order valence-corrected chi connectivity index (χ1v) is 10.7. The summed E-state index contributed by atoms with van der Waals surface area (Å²) in [6.45, 7) is 5.13. The third kappa shape index (κ3) is 5.50. The van der Waals surface area contributed by atoms with Crippen LogP contribution in [0.2, 0.25) is 0 Å². The van der Waals surface area contributed by atoms with Crippen LogP contribution in [0.1, 0.15) is 56.2 Å². The average Bonchev–Trinajstić information content (AvgIpc) is 3.12. The molecule has 0 radical (unpaired) electrons. The normalized spacial score (nSPS) is 25.6. The van der Waals surface area contributed by atoms with E-state index in [9.17, 15) is 13.2 Å². The first-order valence-electron chi connectivity index (χ1n) is 10.7. The summed E-state index contributed by atoms with van der Waals surface area (Å²) in [6.07, 6.45) is -2.25. The third-order valence-corrected chi connectivity index (χ3v) is 5.97. The highest BCUT2D eigenvalue weighted by atomic mass is 35.5. The number of benzene rings is 2. The summed E-state index contributed by atoms with van der Waals surface area (Å²) in [5, 5.41) is 3.60. The summed E-state index contributed by atoms with van der Waals surface area (Å²) in [5.74, 6) is 0.257. The minimum Gasteiger partial charge on any atom is -0.491 e. The molecule has 2 heterocycles. The molecule has 2 saturated heterocycles. The van der Waals surface area contributed by atoms with Crippen molar-refractivity contribution in [1.29, 1.82) is 0 Å². The zero-order valence-corrected chi connectivity index (χ0v) is 19.0. The summed E-state index contributed by atoms with van der Waals surface area (Å²) < 4.78 is 54.9. The third-order valence-electron chi connectivity index (χ3n) is 5.97. The fraction of sp³-hybridized carbons (Fsp3) is 0.500. The van der Waals surface area contributed by atoms with Crippen LogP contribution >= 0.6 is 12.4 Å². The van der Waals surface area contributed by atoms with Gasteiger partial charge in [0, 0.05) is 11.5 Å². The minimum atomic E-state index is -4.74. The van der Waals surface area contributed by atoms with Gasteiger partial charge in [0.2, 0.25) is 0 Å². The first-order chi connectivity index (χ1) is 14.8. The Morgan fingerprint density at radius 2 is 1.88 bits per heavy atom. The SMILES string of the molecule is CC(C)Oc1ccc(OC(F)(F)F)cc1[C@H]1CO[C@]2(CCCN[C@H]2c2ccccc2)C1.Cl. The number of hydrogen-bond donors (Lipinski definition) is 1. The zero-order chi connectivity index (χ0) is 22.1. The van der Waals surface area contributed by atoms with Crippen LogP contribution in [-0.4, -0.2) is 31.2 Å². The summed E-state index contributed by atoms with van der Waals surface area (Å²) in [7, 11) is 0. The molecule has 2 aliphatic heterocycles. The Labute approximate surface area is 192 Å². The van der Waals surface area contributed by atoms with E-state index < -0.39 is 12.0 Å². The largest absolute Gasteiger partial charge is 0.573 e. The topological polar surface area (TPSA) is 39.7 Å². The number of nitrogens with one attached hydrogen (secondary N) is 1. The van der Waals surface area contributed by atoms with Gasteiger partial charge in [-0.3, -0.25) is 0 Å². The molecule has 1 spiro atoms. The molecular formula is C24H29ClF3NO3. The van der Waals surface area contributed by atoms with E-state index >= 15 is 0 Å². The predicted octanol–water partition coefficient (Wildman–Crippen LogP) is 6.16. The maximum Gasteiger partial charge on any atom is 0.573 e. The van der Waals surface area contributed by atoms with Crippen molar-refractivity contribution >= 4 is 12.4 Å². The molecule has 0 saturated carbocycles. The molecule has 0 aromatic heterocycles. The highest BCUT2D eigenvalue weighted by molar-refractivity contribution is 5.85. The summed E-state index contributed by atoms with van der Waals surface area (Å²) in [6, 6.07) is 14.5. The molecule has 4 rings (SSSR count). The first kappa shape index (κ1) is 24.7. The number of piperidine rings is 1. The minimum absolute atomic E-state index is 0. The van der Waals surface area contributed by atoms with Gasteiger partial charge in [-0.05, 0) is 63.4 Å². The van der Waals surface area contributed by atoms with Crippen molar-refractivity contribution in [3.05, 3.63) is 59.7 Å². The molecule has 4 nitrogen and oxygen atoms in total. The molecule has 32 heavy (non-hydrogen) atoms. The van der Waals surface area contributed by atoms with E-state index in [0.717, 1.165) is 24.9 Å². The lowest BCUT2D eigenvalue weighted by molar-refractivity contribution is -0.274. The van der Waals surface area contributed by atoms with Crippen LogP contribution in [0.15, 0.2) is 48.5 Å². The van der Waals surface area contributed by atoms with Crippen molar-refractivity contribution in [3.8, 4) is 11.5 Å². The van der Waals surface area contributed by atoms with E-state index in [0.29, 0.717) is 24.3 Å². The second kappa shape index (κ2) is 9.89. The van der Waals surface area contributed by atoms with Gasteiger partial charge in [-0.2, -0.15) is 0 Å². The maximum absolute atomic E-state index is 12.8. The number of alkyl halides is 3. The van der Waals surface area contributed by atoms with E-state index in [-0.39, 0.29) is 36.2 Å². The van der Waals surface area contributed by atoms with Crippen LogP contribution in [0.4, 0.5) is 13.2 Å². The second-order valence-electron chi connectivity index (χ2n) is 8.59. The highest BCUT2D eigenvalue weighted by Crippen LogP contribution is 2.50. The van der Waals surface area contributed by atoms with Crippen molar-refractivity contribution in [1.82, 2.24) is 5.32 Å². The predicted molar refractivity (Wildman–Crippen MR) is 119 cm³/mol. The molecule has 1 N–H and O–H groups in total. The fourth-order valence-electron chi connectivity index (χ4n) is 4.81. The molecule has 2 aliphatic rings. The molecule has 3 atom stereocenters. The Kier molecular flexibility index (Phi) is 7.63. The van der Waals surface area contributed by atoms with Crippen LogP contribution in [-0.2, 0) is 4.74 Å². The van der Waals surface area contributed by atoms with Gasteiger partial charge < -0.3 is 19.5 Å². The lowest BCUT2D eigenvalue weighted by Gasteiger charge is -2.41. The Hall–Kier alpha value is -1.96. The van der Waals surface area contributed by atoms with Gasteiger partial charge in [0.05, 0.1) is 24.4 Å². The highest BCUT2D eigenvalue weighted by Gasteiger charge is 2.49. The Morgan fingerprint density at radius 1 is 1.12 bits per heavy atom. The molecule has 2 aromatic rings. The second-order valence-corrected chi connectivity index (χ2v) is 8.59. The Bertz CT molecular complexity index is 894. The summed E-state index contributed by atoms with van der Waals surface area (Å²) in [4.78, 5) is 0. The molecule has 176 valence electrons. The van der Waals surface area contributed by atoms with Crippen LogP contribution in [0, 0.1) is 0 Å². The van der Waals surface area contributed by atoms with Crippen LogP contribution < -0.4 is 14.8 Å². The van der Waals surface area contributed by atoms with Gasteiger partial charge in [-0.15, -0.1) is 25.6 Å². The van der Waals surface area contributed by atoms with Crippen LogP contribution in [0.3, 0.4) is 0 Å². The molecule has 2 aromatic carbocycles. The molecular weight excluding hydrogens is 443 g/mol. The summed E-state index contributed by atoms with van der Waals surface area (Å²) >= 11 is 0. The van der Waals surface area contributed by atoms with Crippen molar-refractivity contribution in [2.75, 3.05) is 13.2 Å². The monoisotopic (exact) mass is 471 g/mol. The standard InChI is InChI=1S/C24H28F3NO3.ClH/c1-16(2)30-21-10-9-19(31-24(25,26)27)13-20(21)18-14-23(29-15-18)11-6-12-28-22(23)17-7-4-3-5-8-17;/h3-5,7-10,13,16,18,22,28H,6,11-12,14-15H2,1-2H3;1H/t18-,22+,23-;/m1./s1. The van der Waals surface area contributed by atoms with E-state index in [2.05, 4.69) is 22.2 Å². The number of hydrogen-bond acceptors (Lipinski definition) is 4. The van der Waals surface area contributed by atoms with Gasteiger partial charge in [0.25, 0.3) is 0 Å². The number of ether oxygens (including phenoxy) is 3. The lowest BCUT2D eigenvalue weighted by atomic mass is 9.77. The van der Waals surface area contributed by atoms with Crippen molar-refractivity contribution in [3.63, 3.8) is 0 Å². The van der Waals surface area contributed by atoms with Gasteiger partial charge in [0.1, 0.15) is 11.5 Å². The maximum atomic E-state index is 12.8. The van der Waals surface area contributed by atoms with E-state index in [4.69, 9.17) is 9.47 Å². The van der Waals surface area contributed by atoms with E-state index in [1.54, 1.807) is 6.07 Å².